The largest absolute Gasteiger partial charge is 0.369 e. The number of piperidine rings is 1. The Labute approximate surface area is 178 Å². The maximum Gasteiger partial charge on any atom is 0.248 e. The van der Waals surface area contributed by atoms with Gasteiger partial charge in [-0.25, -0.2) is 0 Å². The van der Waals surface area contributed by atoms with E-state index in [2.05, 4.69) is 22.1 Å². The number of halogens is 1. The number of hydrogen-bond acceptors (Lipinski definition) is 7. The monoisotopic (exact) mass is 433 g/mol. The molecule has 154 valence electrons. The van der Waals surface area contributed by atoms with Crippen LogP contribution < -0.4 is 27.6 Å². The first-order valence-corrected chi connectivity index (χ1v) is 10.7. The zero-order chi connectivity index (χ0) is 20.4. The minimum absolute atomic E-state index is 0.00188. The second-order valence-electron chi connectivity index (χ2n) is 7.29. The summed E-state index contributed by atoms with van der Waals surface area (Å²) in [7, 11) is 0. The van der Waals surface area contributed by atoms with Crippen LogP contribution in [0.15, 0.2) is 42.2 Å². The Morgan fingerprint density at radius 2 is 2.17 bits per heavy atom. The van der Waals surface area contributed by atoms with Crippen LogP contribution in [0.3, 0.4) is 0 Å². The van der Waals surface area contributed by atoms with Gasteiger partial charge in [0.05, 0.1) is 22.7 Å². The molecule has 0 bridgehead atoms. The SMILES string of the molecule is NN/C(=C\Nc1ccc(C(N)=O)cc1)[C@@H]1C[C@]2(CCN1)OCCc1cc(Cl)sc12. The number of rotatable bonds is 5. The van der Waals surface area contributed by atoms with Crippen LogP contribution in [-0.2, 0) is 16.8 Å². The number of fused-ring (bicyclic) bond motifs is 2. The lowest BCUT2D eigenvalue weighted by molar-refractivity contribution is -0.0839. The predicted molar refractivity (Wildman–Crippen MR) is 116 cm³/mol. The van der Waals surface area contributed by atoms with Crippen molar-refractivity contribution in [3.05, 3.63) is 62.6 Å². The predicted octanol–water partition coefficient (Wildman–Crippen LogP) is 2.44. The second-order valence-corrected chi connectivity index (χ2v) is 8.97. The lowest BCUT2D eigenvalue weighted by Gasteiger charge is -2.44. The third-order valence-electron chi connectivity index (χ3n) is 5.50. The van der Waals surface area contributed by atoms with E-state index < -0.39 is 5.91 Å². The first kappa shape index (κ1) is 20.2. The molecule has 0 aliphatic carbocycles. The minimum atomic E-state index is -0.450. The Kier molecular flexibility index (Phi) is 5.80. The number of amides is 1. The van der Waals surface area contributed by atoms with Gasteiger partial charge in [-0.3, -0.25) is 10.6 Å². The molecule has 0 unspecified atom stereocenters. The van der Waals surface area contributed by atoms with Crippen molar-refractivity contribution >= 4 is 34.5 Å². The van der Waals surface area contributed by atoms with Gasteiger partial charge in [-0.1, -0.05) is 11.6 Å². The Bertz CT molecular complexity index is 929. The highest BCUT2D eigenvalue weighted by Crippen LogP contribution is 2.47. The minimum Gasteiger partial charge on any atom is -0.369 e. The number of nitrogens with two attached hydrogens (primary N) is 2. The summed E-state index contributed by atoms with van der Waals surface area (Å²) in [4.78, 5) is 12.4. The molecule has 0 radical (unpaired) electrons. The van der Waals surface area contributed by atoms with E-state index in [-0.39, 0.29) is 11.6 Å². The van der Waals surface area contributed by atoms with Gasteiger partial charge in [0.25, 0.3) is 0 Å². The standard InChI is InChI=1S/C20H24ClN5O2S/c21-17-9-13-5-8-28-20(18(13)29-17)6-7-24-15(10-20)16(26-23)11-25-14-3-1-12(2-4-14)19(22)27/h1-4,9,11,15,24-26H,5-8,10,23H2,(H2,22,27)/b16-11-/t15-,20-/m0/s1. The van der Waals surface area contributed by atoms with Crippen LogP contribution in [0.5, 0.6) is 0 Å². The zero-order valence-corrected chi connectivity index (χ0v) is 17.4. The van der Waals surface area contributed by atoms with Gasteiger partial charge in [0, 0.05) is 28.7 Å². The van der Waals surface area contributed by atoms with E-state index >= 15 is 0 Å². The van der Waals surface area contributed by atoms with E-state index in [1.165, 1.54) is 10.4 Å². The molecule has 7 nitrogen and oxygen atoms in total. The molecular formula is C20H24ClN5O2S. The van der Waals surface area contributed by atoms with E-state index in [4.69, 9.17) is 27.9 Å². The molecule has 1 amide bonds. The fourth-order valence-corrected chi connectivity index (χ4v) is 5.51. The van der Waals surface area contributed by atoms with E-state index in [0.717, 1.165) is 41.5 Å². The topological polar surface area (TPSA) is 114 Å². The van der Waals surface area contributed by atoms with Gasteiger partial charge < -0.3 is 26.5 Å². The number of nitrogens with one attached hydrogen (secondary N) is 3. The number of carbonyl (C=O) groups excluding carboxylic acids is 1. The maximum absolute atomic E-state index is 11.2. The van der Waals surface area contributed by atoms with E-state index in [1.54, 1.807) is 35.6 Å². The molecule has 4 rings (SSSR count). The van der Waals surface area contributed by atoms with Crippen molar-refractivity contribution in [3.8, 4) is 0 Å². The molecule has 0 saturated carbocycles. The van der Waals surface area contributed by atoms with Gasteiger partial charge in [0.1, 0.15) is 5.60 Å². The molecule has 3 heterocycles. The van der Waals surface area contributed by atoms with Crippen molar-refractivity contribution in [1.82, 2.24) is 10.7 Å². The quantitative estimate of drug-likeness (QED) is 0.365. The van der Waals surface area contributed by atoms with Crippen molar-refractivity contribution in [1.29, 1.82) is 0 Å². The molecule has 1 saturated heterocycles. The Hall–Kier alpha value is -2.10. The number of benzene rings is 1. The molecule has 9 heteroatoms. The smallest absolute Gasteiger partial charge is 0.248 e. The third-order valence-corrected chi connectivity index (χ3v) is 6.99. The molecule has 2 aliphatic heterocycles. The van der Waals surface area contributed by atoms with Crippen LogP contribution >= 0.6 is 22.9 Å². The lowest BCUT2D eigenvalue weighted by Crippen LogP contribution is -2.52. The summed E-state index contributed by atoms with van der Waals surface area (Å²) in [5, 5.41) is 6.74. The zero-order valence-electron chi connectivity index (χ0n) is 15.8. The van der Waals surface area contributed by atoms with Gasteiger partial charge in [-0.15, -0.1) is 11.3 Å². The molecule has 1 aromatic heterocycles. The molecule has 1 aromatic carbocycles. The fourth-order valence-electron chi connectivity index (χ4n) is 4.03. The summed E-state index contributed by atoms with van der Waals surface area (Å²) >= 11 is 7.91. The molecule has 7 N–H and O–H groups in total. The average molecular weight is 434 g/mol. The number of anilines is 1. The van der Waals surface area contributed by atoms with Crippen molar-refractivity contribution in [2.24, 2.45) is 11.6 Å². The Morgan fingerprint density at radius 1 is 1.38 bits per heavy atom. The summed E-state index contributed by atoms with van der Waals surface area (Å²) < 4.78 is 7.13. The number of hydrogen-bond donors (Lipinski definition) is 5. The normalized spacial score (nSPS) is 24.2. The van der Waals surface area contributed by atoms with Crippen LogP contribution in [0.1, 0.15) is 33.6 Å². The van der Waals surface area contributed by atoms with Crippen LogP contribution in [-0.4, -0.2) is 25.1 Å². The fraction of sp³-hybridized carbons (Fsp3) is 0.350. The summed E-state index contributed by atoms with van der Waals surface area (Å²) in [5.74, 6) is 5.38. The van der Waals surface area contributed by atoms with E-state index in [1.807, 2.05) is 6.20 Å². The molecule has 1 spiro atoms. The highest BCUT2D eigenvalue weighted by Gasteiger charge is 2.44. The second kappa shape index (κ2) is 8.33. The van der Waals surface area contributed by atoms with Crippen molar-refractivity contribution in [2.75, 3.05) is 18.5 Å². The highest BCUT2D eigenvalue weighted by molar-refractivity contribution is 7.16. The van der Waals surface area contributed by atoms with Gasteiger partial charge >= 0.3 is 0 Å². The number of thiophene rings is 1. The first-order valence-electron chi connectivity index (χ1n) is 9.50. The van der Waals surface area contributed by atoms with Crippen LogP contribution in [0.2, 0.25) is 4.34 Å². The van der Waals surface area contributed by atoms with Gasteiger partial charge in [0.15, 0.2) is 0 Å². The molecule has 2 aromatic rings. The average Bonchev–Trinajstić information content (AvgIpc) is 3.11. The molecule has 2 aliphatic rings. The van der Waals surface area contributed by atoms with Crippen molar-refractivity contribution in [3.63, 3.8) is 0 Å². The van der Waals surface area contributed by atoms with Crippen molar-refractivity contribution in [2.45, 2.75) is 30.9 Å². The molecule has 29 heavy (non-hydrogen) atoms. The maximum atomic E-state index is 11.2. The van der Waals surface area contributed by atoms with E-state index in [9.17, 15) is 4.79 Å². The number of hydrazine groups is 1. The number of carbonyl (C=O) groups is 1. The van der Waals surface area contributed by atoms with E-state index in [0.29, 0.717) is 12.2 Å². The number of primary amides is 1. The summed E-state index contributed by atoms with van der Waals surface area (Å²) in [6, 6.07) is 9.02. The summed E-state index contributed by atoms with van der Waals surface area (Å²) in [5.41, 5.74) is 11.2. The van der Waals surface area contributed by atoms with Gasteiger partial charge in [0.2, 0.25) is 5.91 Å². The first-order chi connectivity index (χ1) is 14.0. The van der Waals surface area contributed by atoms with Gasteiger partial charge in [-0.05, 0) is 55.3 Å². The lowest BCUT2D eigenvalue weighted by atomic mass is 9.82. The van der Waals surface area contributed by atoms with Crippen molar-refractivity contribution < 1.29 is 9.53 Å². The summed E-state index contributed by atoms with van der Waals surface area (Å²) in [6.45, 7) is 1.51. The van der Waals surface area contributed by atoms with Crippen LogP contribution in [0, 0.1) is 0 Å². The summed E-state index contributed by atoms with van der Waals surface area (Å²) in [6.07, 6.45) is 4.39. The van der Waals surface area contributed by atoms with Crippen LogP contribution in [0.25, 0.3) is 0 Å². The highest BCUT2D eigenvalue weighted by atomic mass is 35.5. The molecule has 1 fully saturated rings. The molecule has 2 atom stereocenters. The van der Waals surface area contributed by atoms with Gasteiger partial charge in [-0.2, -0.15) is 0 Å². The molecular weight excluding hydrogens is 410 g/mol. The Balaban J connectivity index is 1.52. The Morgan fingerprint density at radius 3 is 2.90 bits per heavy atom. The van der Waals surface area contributed by atoms with Crippen LogP contribution in [0.4, 0.5) is 5.69 Å². The third kappa shape index (κ3) is 4.12. The number of ether oxygens (including phenoxy) is 1.